The number of methoxy groups -OCH3 is 1. The number of nitrogens with zero attached hydrogens (tertiary/aromatic N) is 2. The van der Waals surface area contributed by atoms with Crippen LogP contribution in [0, 0.1) is 13.8 Å². The van der Waals surface area contributed by atoms with Gasteiger partial charge in [-0.25, -0.2) is 0 Å². The molecule has 0 N–H and O–H groups in total. The maximum atomic E-state index is 13.5. The van der Waals surface area contributed by atoms with Crippen LogP contribution in [-0.2, 0) is 10.0 Å². The highest BCUT2D eigenvalue weighted by Gasteiger charge is 2.37. The quantitative estimate of drug-likeness (QED) is 0.593. The highest BCUT2D eigenvalue weighted by Crippen LogP contribution is 2.38. The van der Waals surface area contributed by atoms with Crippen molar-refractivity contribution in [2.45, 2.75) is 31.2 Å². The lowest BCUT2D eigenvalue weighted by atomic mass is 9.98. The molecule has 1 unspecified atom stereocenters. The van der Waals surface area contributed by atoms with Gasteiger partial charge in [-0.05, 0) is 49.2 Å². The average Bonchev–Trinajstić information content (AvgIpc) is 3.21. The molecule has 1 aliphatic heterocycles. The van der Waals surface area contributed by atoms with E-state index in [4.69, 9.17) is 4.74 Å². The summed E-state index contributed by atoms with van der Waals surface area (Å²) in [6, 6.07) is 21.9. The standard InChI is InChI=1S/C24H24N2O3S/c1-17-7-11-19(12-8-17)23-16-24(20-5-4-6-21(15-20)29-3)26(25-23)30(27,28)22-13-9-18(2)10-14-22/h4-15,24H,16H2,1-3H3. The predicted octanol–water partition coefficient (Wildman–Crippen LogP) is 4.85. The van der Waals surface area contributed by atoms with Crippen molar-refractivity contribution < 1.29 is 13.2 Å². The van der Waals surface area contributed by atoms with Crippen molar-refractivity contribution in [1.29, 1.82) is 0 Å². The van der Waals surface area contributed by atoms with Crippen molar-refractivity contribution in [1.82, 2.24) is 4.41 Å². The SMILES string of the molecule is COc1cccc(C2CC(c3ccc(C)cc3)=NN2S(=O)(=O)c2ccc(C)cc2)c1. The Hall–Kier alpha value is -3.12. The predicted molar refractivity (Wildman–Crippen MR) is 118 cm³/mol. The number of benzene rings is 3. The third kappa shape index (κ3) is 3.83. The van der Waals surface area contributed by atoms with Gasteiger partial charge in [-0.15, -0.1) is 0 Å². The fourth-order valence-electron chi connectivity index (χ4n) is 3.55. The van der Waals surface area contributed by atoms with E-state index in [1.807, 2.05) is 62.4 Å². The van der Waals surface area contributed by atoms with E-state index in [0.717, 1.165) is 28.0 Å². The lowest BCUT2D eigenvalue weighted by Crippen LogP contribution is -2.27. The Morgan fingerprint density at radius 3 is 2.20 bits per heavy atom. The molecule has 5 nitrogen and oxygen atoms in total. The van der Waals surface area contributed by atoms with Crippen LogP contribution in [0.5, 0.6) is 5.75 Å². The summed E-state index contributed by atoms with van der Waals surface area (Å²) in [5, 5.41) is 4.59. The number of hydrogen-bond acceptors (Lipinski definition) is 4. The highest BCUT2D eigenvalue weighted by molar-refractivity contribution is 7.89. The molecule has 1 aliphatic rings. The minimum Gasteiger partial charge on any atom is -0.497 e. The first kappa shape index (κ1) is 20.2. The molecule has 0 aromatic heterocycles. The van der Waals surface area contributed by atoms with Crippen LogP contribution in [0.3, 0.4) is 0 Å². The molecule has 3 aromatic carbocycles. The smallest absolute Gasteiger partial charge is 0.279 e. The van der Waals surface area contributed by atoms with Crippen molar-refractivity contribution in [3.63, 3.8) is 0 Å². The van der Waals surface area contributed by atoms with Crippen molar-refractivity contribution in [3.8, 4) is 5.75 Å². The number of sulfonamides is 1. The zero-order chi connectivity index (χ0) is 21.3. The Kier molecular flexibility index (Phi) is 5.35. The summed E-state index contributed by atoms with van der Waals surface area (Å²) in [5.41, 5.74) is 4.67. The van der Waals surface area contributed by atoms with Gasteiger partial charge in [0.1, 0.15) is 5.75 Å². The molecule has 0 saturated heterocycles. The largest absolute Gasteiger partial charge is 0.497 e. The molecule has 4 rings (SSSR count). The Labute approximate surface area is 177 Å². The van der Waals surface area contributed by atoms with Crippen LogP contribution in [-0.4, -0.2) is 25.7 Å². The molecule has 0 bridgehead atoms. The normalized spacial score (nSPS) is 16.4. The maximum absolute atomic E-state index is 13.5. The van der Waals surface area contributed by atoms with Crippen LogP contribution in [0.2, 0.25) is 0 Å². The van der Waals surface area contributed by atoms with Crippen LogP contribution in [0.1, 0.15) is 34.7 Å². The molecule has 0 saturated carbocycles. The average molecular weight is 421 g/mol. The molecule has 154 valence electrons. The summed E-state index contributed by atoms with van der Waals surface area (Å²) in [4.78, 5) is 0.231. The Balaban J connectivity index is 1.80. The number of aryl methyl sites for hydroxylation is 2. The van der Waals surface area contributed by atoms with Crippen molar-refractivity contribution in [3.05, 3.63) is 95.1 Å². The Bertz CT molecular complexity index is 1180. The molecular formula is C24H24N2O3S. The summed E-state index contributed by atoms with van der Waals surface area (Å²) in [6.07, 6.45) is 0.487. The second-order valence-electron chi connectivity index (χ2n) is 7.50. The molecule has 6 heteroatoms. The fourth-order valence-corrected chi connectivity index (χ4v) is 4.98. The minimum atomic E-state index is -3.82. The Morgan fingerprint density at radius 2 is 1.57 bits per heavy atom. The van der Waals surface area contributed by atoms with Crippen LogP contribution in [0.25, 0.3) is 0 Å². The van der Waals surface area contributed by atoms with E-state index < -0.39 is 16.1 Å². The molecule has 0 aliphatic carbocycles. The van der Waals surface area contributed by atoms with E-state index in [1.54, 1.807) is 31.4 Å². The third-order valence-corrected chi connectivity index (χ3v) is 7.00. The summed E-state index contributed by atoms with van der Waals surface area (Å²) in [5.74, 6) is 0.684. The zero-order valence-corrected chi connectivity index (χ0v) is 18.1. The molecule has 1 heterocycles. The molecule has 30 heavy (non-hydrogen) atoms. The van der Waals surface area contributed by atoms with Gasteiger partial charge in [0, 0.05) is 6.42 Å². The van der Waals surface area contributed by atoms with Crippen molar-refractivity contribution in [2.24, 2.45) is 5.10 Å². The molecule has 0 fully saturated rings. The second kappa shape index (κ2) is 7.95. The molecule has 1 atom stereocenters. The summed E-state index contributed by atoms with van der Waals surface area (Å²) in [6.45, 7) is 3.95. The lowest BCUT2D eigenvalue weighted by molar-refractivity contribution is 0.368. The van der Waals surface area contributed by atoms with Crippen LogP contribution in [0.4, 0.5) is 0 Å². The lowest BCUT2D eigenvalue weighted by Gasteiger charge is -2.23. The van der Waals surface area contributed by atoms with Gasteiger partial charge in [-0.2, -0.15) is 17.9 Å². The van der Waals surface area contributed by atoms with Gasteiger partial charge in [0.05, 0.1) is 23.8 Å². The van der Waals surface area contributed by atoms with Gasteiger partial charge in [0.15, 0.2) is 0 Å². The number of ether oxygens (including phenoxy) is 1. The fraction of sp³-hybridized carbons (Fsp3) is 0.208. The highest BCUT2D eigenvalue weighted by atomic mass is 32.2. The van der Waals surface area contributed by atoms with Gasteiger partial charge < -0.3 is 4.74 Å². The molecule has 0 amide bonds. The van der Waals surface area contributed by atoms with E-state index in [0.29, 0.717) is 12.2 Å². The summed E-state index contributed by atoms with van der Waals surface area (Å²) >= 11 is 0. The first-order valence-electron chi connectivity index (χ1n) is 9.78. The zero-order valence-electron chi connectivity index (χ0n) is 17.2. The molecule has 0 radical (unpaired) electrons. The van der Waals surface area contributed by atoms with Crippen molar-refractivity contribution >= 4 is 15.7 Å². The maximum Gasteiger partial charge on any atom is 0.279 e. The van der Waals surface area contributed by atoms with E-state index in [1.165, 1.54) is 4.41 Å². The van der Waals surface area contributed by atoms with E-state index in [-0.39, 0.29) is 4.90 Å². The third-order valence-electron chi connectivity index (χ3n) is 5.30. The second-order valence-corrected chi connectivity index (χ2v) is 9.30. The van der Waals surface area contributed by atoms with E-state index in [2.05, 4.69) is 5.10 Å². The summed E-state index contributed by atoms with van der Waals surface area (Å²) in [7, 11) is -2.22. The minimum absolute atomic E-state index is 0.231. The molecule has 0 spiro atoms. The Morgan fingerprint density at radius 1 is 0.933 bits per heavy atom. The monoisotopic (exact) mass is 420 g/mol. The van der Waals surface area contributed by atoms with Gasteiger partial charge in [0.25, 0.3) is 10.0 Å². The van der Waals surface area contributed by atoms with E-state index >= 15 is 0 Å². The first-order valence-corrected chi connectivity index (χ1v) is 11.2. The topological polar surface area (TPSA) is 59.0 Å². The van der Waals surface area contributed by atoms with Crippen LogP contribution < -0.4 is 4.74 Å². The van der Waals surface area contributed by atoms with Gasteiger partial charge >= 0.3 is 0 Å². The number of rotatable bonds is 5. The van der Waals surface area contributed by atoms with Crippen LogP contribution in [0.15, 0.2) is 82.8 Å². The molecule has 3 aromatic rings. The number of hydrazone groups is 1. The number of hydrogen-bond donors (Lipinski definition) is 0. The first-order chi connectivity index (χ1) is 14.4. The van der Waals surface area contributed by atoms with E-state index in [9.17, 15) is 8.42 Å². The van der Waals surface area contributed by atoms with Crippen molar-refractivity contribution in [2.75, 3.05) is 7.11 Å². The van der Waals surface area contributed by atoms with Gasteiger partial charge in [0.2, 0.25) is 0 Å². The van der Waals surface area contributed by atoms with Crippen LogP contribution >= 0.6 is 0 Å². The summed E-state index contributed by atoms with van der Waals surface area (Å²) < 4.78 is 33.6. The van der Waals surface area contributed by atoms with Gasteiger partial charge in [-0.3, -0.25) is 0 Å². The van der Waals surface area contributed by atoms with Gasteiger partial charge in [-0.1, -0.05) is 59.7 Å². The molecular weight excluding hydrogens is 396 g/mol.